The van der Waals surface area contributed by atoms with Gasteiger partial charge in [-0.15, -0.1) is 0 Å². The van der Waals surface area contributed by atoms with E-state index in [0.29, 0.717) is 28.3 Å². The molecule has 0 atom stereocenters. The Hall–Kier alpha value is -2.40. The van der Waals surface area contributed by atoms with E-state index >= 15 is 0 Å². The molecule has 0 saturated carbocycles. The van der Waals surface area contributed by atoms with Crippen LogP contribution >= 0.6 is 11.6 Å². The molecule has 100 valence electrons. The molecule has 6 heteroatoms. The third kappa shape index (κ3) is 2.23. The van der Waals surface area contributed by atoms with Crippen LogP contribution in [0.25, 0.3) is 17.0 Å². The molecule has 0 spiro atoms. The fourth-order valence-corrected chi connectivity index (χ4v) is 2.03. The van der Waals surface area contributed by atoms with Gasteiger partial charge in [0.2, 0.25) is 0 Å². The molecule has 0 amide bonds. The maximum atomic E-state index is 13.5. The monoisotopic (exact) mass is 290 g/mol. The Kier molecular flexibility index (Phi) is 3.12. The van der Waals surface area contributed by atoms with Crippen molar-refractivity contribution >= 4 is 17.9 Å². The summed E-state index contributed by atoms with van der Waals surface area (Å²) in [5, 5.41) is 4.55. The van der Waals surface area contributed by atoms with Crippen molar-refractivity contribution in [1.29, 1.82) is 0 Å². The second-order valence-electron chi connectivity index (χ2n) is 4.08. The van der Waals surface area contributed by atoms with Gasteiger partial charge in [0.05, 0.1) is 16.9 Å². The maximum Gasteiger partial charge on any atom is 0.185 e. The molecule has 2 aromatic heterocycles. The number of hydrogen-bond donors (Lipinski definition) is 0. The standard InChI is InChI=1S/C14H8ClFN2O2/c15-9-6-17-18(7-9)13-3-1-10(16)5-12(13)14-4-2-11(8-19)20-14/h1-8H. The van der Waals surface area contributed by atoms with Crippen LogP contribution in [0.4, 0.5) is 4.39 Å². The molecule has 4 nitrogen and oxygen atoms in total. The van der Waals surface area contributed by atoms with E-state index < -0.39 is 5.82 Å². The summed E-state index contributed by atoms with van der Waals surface area (Å²) in [4.78, 5) is 10.7. The second-order valence-corrected chi connectivity index (χ2v) is 4.52. The van der Waals surface area contributed by atoms with E-state index in [0.717, 1.165) is 0 Å². The fourth-order valence-electron chi connectivity index (χ4n) is 1.90. The lowest BCUT2D eigenvalue weighted by atomic mass is 10.1. The van der Waals surface area contributed by atoms with Gasteiger partial charge in [-0.25, -0.2) is 9.07 Å². The molecule has 20 heavy (non-hydrogen) atoms. The molecule has 3 rings (SSSR count). The summed E-state index contributed by atoms with van der Waals surface area (Å²) in [6.07, 6.45) is 3.67. The van der Waals surface area contributed by atoms with Crippen molar-refractivity contribution in [2.75, 3.05) is 0 Å². The van der Waals surface area contributed by atoms with Crippen LogP contribution in [-0.4, -0.2) is 16.1 Å². The third-order valence-corrected chi connectivity index (χ3v) is 2.96. The van der Waals surface area contributed by atoms with E-state index in [4.69, 9.17) is 16.0 Å². The first-order valence-electron chi connectivity index (χ1n) is 5.73. The SMILES string of the molecule is O=Cc1ccc(-c2cc(F)ccc2-n2cc(Cl)cn2)o1. The lowest BCUT2D eigenvalue weighted by molar-refractivity contribution is 0.110. The number of furan rings is 1. The van der Waals surface area contributed by atoms with Gasteiger partial charge in [-0.3, -0.25) is 4.79 Å². The summed E-state index contributed by atoms with van der Waals surface area (Å²) in [5.74, 6) is 0.146. The van der Waals surface area contributed by atoms with Gasteiger partial charge >= 0.3 is 0 Å². The minimum Gasteiger partial charge on any atom is -0.453 e. The predicted octanol–water partition coefficient (Wildman–Crippen LogP) is 3.74. The van der Waals surface area contributed by atoms with Crippen molar-refractivity contribution in [3.8, 4) is 17.0 Å². The fraction of sp³-hybridized carbons (Fsp3) is 0. The van der Waals surface area contributed by atoms with Crippen molar-refractivity contribution < 1.29 is 13.6 Å². The highest BCUT2D eigenvalue weighted by molar-refractivity contribution is 6.30. The Balaban J connectivity index is 2.18. The van der Waals surface area contributed by atoms with Crippen molar-refractivity contribution in [2.24, 2.45) is 0 Å². The summed E-state index contributed by atoms with van der Waals surface area (Å²) in [6, 6.07) is 7.33. The van der Waals surface area contributed by atoms with Crippen LogP contribution in [0.15, 0.2) is 47.1 Å². The Morgan fingerprint density at radius 3 is 2.80 bits per heavy atom. The largest absolute Gasteiger partial charge is 0.453 e. The lowest BCUT2D eigenvalue weighted by Crippen LogP contribution is -1.97. The van der Waals surface area contributed by atoms with Crippen LogP contribution in [0.3, 0.4) is 0 Å². The third-order valence-electron chi connectivity index (χ3n) is 2.76. The molecule has 0 saturated heterocycles. The lowest BCUT2D eigenvalue weighted by Gasteiger charge is -2.07. The highest BCUT2D eigenvalue weighted by atomic mass is 35.5. The molecule has 0 bridgehead atoms. The zero-order chi connectivity index (χ0) is 14.1. The number of benzene rings is 1. The van der Waals surface area contributed by atoms with Crippen molar-refractivity contribution in [1.82, 2.24) is 9.78 Å². The quantitative estimate of drug-likeness (QED) is 0.690. The number of carbonyl (C=O) groups excluding carboxylic acids is 1. The first-order valence-corrected chi connectivity index (χ1v) is 6.10. The van der Waals surface area contributed by atoms with E-state index in [2.05, 4.69) is 5.10 Å². The van der Waals surface area contributed by atoms with Crippen molar-refractivity contribution in [2.45, 2.75) is 0 Å². The average molecular weight is 291 g/mol. The van der Waals surface area contributed by atoms with Gasteiger partial charge < -0.3 is 4.42 Å². The van der Waals surface area contributed by atoms with E-state index in [9.17, 15) is 9.18 Å². The Morgan fingerprint density at radius 2 is 2.15 bits per heavy atom. The summed E-state index contributed by atoms with van der Waals surface area (Å²) < 4.78 is 20.3. The molecule has 3 aromatic rings. The van der Waals surface area contributed by atoms with Gasteiger partial charge in [0.1, 0.15) is 11.6 Å². The van der Waals surface area contributed by atoms with Gasteiger partial charge in [-0.05, 0) is 30.3 Å². The molecule has 0 fully saturated rings. The van der Waals surface area contributed by atoms with Gasteiger partial charge in [0.15, 0.2) is 12.0 Å². The molecule has 0 radical (unpaired) electrons. The van der Waals surface area contributed by atoms with Crippen LogP contribution in [0.5, 0.6) is 0 Å². The summed E-state index contributed by atoms with van der Waals surface area (Å²) in [5.41, 5.74) is 1.09. The molecule has 0 aliphatic heterocycles. The Bertz CT molecular complexity index is 779. The zero-order valence-corrected chi connectivity index (χ0v) is 10.8. The van der Waals surface area contributed by atoms with Gasteiger partial charge in [-0.2, -0.15) is 5.10 Å². The van der Waals surface area contributed by atoms with Crippen LogP contribution in [0.2, 0.25) is 5.02 Å². The molecule has 1 aromatic carbocycles. The Morgan fingerprint density at radius 1 is 1.30 bits per heavy atom. The number of carbonyl (C=O) groups is 1. The number of nitrogens with zero attached hydrogens (tertiary/aromatic N) is 2. The van der Waals surface area contributed by atoms with Crippen LogP contribution in [-0.2, 0) is 0 Å². The first-order chi connectivity index (χ1) is 9.67. The molecule has 0 unspecified atom stereocenters. The molecular formula is C14H8ClFN2O2. The molecule has 0 N–H and O–H groups in total. The topological polar surface area (TPSA) is 48.0 Å². The van der Waals surface area contributed by atoms with Crippen LogP contribution < -0.4 is 0 Å². The normalized spacial score (nSPS) is 10.7. The highest BCUT2D eigenvalue weighted by Crippen LogP contribution is 2.29. The summed E-state index contributed by atoms with van der Waals surface area (Å²) in [6.45, 7) is 0. The number of rotatable bonds is 3. The van der Waals surface area contributed by atoms with E-state index in [1.165, 1.54) is 29.1 Å². The maximum absolute atomic E-state index is 13.5. The van der Waals surface area contributed by atoms with E-state index in [-0.39, 0.29) is 5.76 Å². The van der Waals surface area contributed by atoms with Gasteiger partial charge in [-0.1, -0.05) is 11.6 Å². The van der Waals surface area contributed by atoms with E-state index in [1.807, 2.05) is 0 Å². The van der Waals surface area contributed by atoms with Crippen molar-refractivity contribution in [3.63, 3.8) is 0 Å². The predicted molar refractivity (Wildman–Crippen MR) is 71.6 cm³/mol. The smallest absolute Gasteiger partial charge is 0.185 e. The summed E-state index contributed by atoms with van der Waals surface area (Å²) in [7, 11) is 0. The van der Waals surface area contributed by atoms with Crippen LogP contribution in [0.1, 0.15) is 10.6 Å². The number of halogens is 2. The average Bonchev–Trinajstić information content (AvgIpc) is 3.07. The molecular weight excluding hydrogens is 283 g/mol. The first kappa shape index (κ1) is 12.6. The second kappa shape index (κ2) is 4.94. The molecule has 2 heterocycles. The van der Waals surface area contributed by atoms with Crippen LogP contribution in [0, 0.1) is 5.82 Å². The number of aromatic nitrogens is 2. The summed E-state index contributed by atoms with van der Waals surface area (Å²) >= 11 is 5.84. The zero-order valence-electron chi connectivity index (χ0n) is 10.1. The van der Waals surface area contributed by atoms with Crippen molar-refractivity contribution in [3.05, 3.63) is 59.3 Å². The Labute approximate surface area is 118 Å². The highest BCUT2D eigenvalue weighted by Gasteiger charge is 2.13. The van der Waals surface area contributed by atoms with E-state index in [1.54, 1.807) is 18.3 Å². The number of hydrogen-bond acceptors (Lipinski definition) is 3. The van der Waals surface area contributed by atoms with Gasteiger partial charge in [0.25, 0.3) is 0 Å². The minimum absolute atomic E-state index is 0.175. The van der Waals surface area contributed by atoms with Gasteiger partial charge in [0, 0.05) is 11.8 Å². The number of aldehydes is 1. The molecule has 0 aliphatic rings. The molecule has 0 aliphatic carbocycles. The minimum atomic E-state index is -0.411.